The van der Waals surface area contributed by atoms with Crippen LogP contribution in [0.15, 0.2) is 10.6 Å². The Kier molecular flexibility index (Phi) is 2.65. The van der Waals surface area contributed by atoms with Crippen LogP contribution in [0.4, 0.5) is 5.82 Å². The largest absolute Gasteiger partial charge is 0.360 e. The van der Waals surface area contributed by atoms with Crippen molar-refractivity contribution >= 4 is 11.7 Å². The van der Waals surface area contributed by atoms with Crippen molar-refractivity contribution in [1.82, 2.24) is 5.16 Å². The summed E-state index contributed by atoms with van der Waals surface area (Å²) in [6, 6.07) is 3.41. The SMILES string of the molecule is Cc1cc(NC(=O)C(C)C#N)no1. The summed E-state index contributed by atoms with van der Waals surface area (Å²) in [5, 5.41) is 14.4. The fraction of sp³-hybridized carbons (Fsp3) is 0.375. The minimum Gasteiger partial charge on any atom is -0.360 e. The van der Waals surface area contributed by atoms with Gasteiger partial charge in [0, 0.05) is 6.07 Å². The van der Waals surface area contributed by atoms with Crippen molar-refractivity contribution in [3.8, 4) is 6.07 Å². The fourth-order valence-corrected chi connectivity index (χ4v) is 0.718. The molecule has 0 aliphatic rings. The Bertz CT molecular complexity index is 351. The average Bonchev–Trinajstić information content (AvgIpc) is 2.49. The Balaban J connectivity index is 2.61. The second-order valence-electron chi connectivity index (χ2n) is 2.66. The maximum Gasteiger partial charge on any atom is 0.242 e. The van der Waals surface area contributed by atoms with Crippen LogP contribution in [-0.4, -0.2) is 11.1 Å². The first-order valence-corrected chi connectivity index (χ1v) is 3.77. The molecular formula is C8H9N3O2. The molecule has 1 atom stereocenters. The minimum absolute atomic E-state index is 0.338. The van der Waals surface area contributed by atoms with Crippen LogP contribution in [0.5, 0.6) is 0 Å². The quantitative estimate of drug-likeness (QED) is 0.736. The zero-order chi connectivity index (χ0) is 9.84. The summed E-state index contributed by atoms with van der Waals surface area (Å²) in [4.78, 5) is 11.1. The summed E-state index contributed by atoms with van der Waals surface area (Å²) in [7, 11) is 0. The predicted molar refractivity (Wildman–Crippen MR) is 44.6 cm³/mol. The van der Waals surface area contributed by atoms with E-state index >= 15 is 0 Å². The number of anilines is 1. The van der Waals surface area contributed by atoms with Crippen molar-refractivity contribution in [3.63, 3.8) is 0 Å². The molecule has 1 rings (SSSR count). The summed E-state index contributed by atoms with van der Waals surface area (Å²) >= 11 is 0. The summed E-state index contributed by atoms with van der Waals surface area (Å²) in [5.74, 6) is -0.114. The predicted octanol–water partition coefficient (Wildman–Crippen LogP) is 1.08. The van der Waals surface area contributed by atoms with E-state index < -0.39 is 5.92 Å². The normalized spacial score (nSPS) is 11.8. The van der Waals surface area contributed by atoms with Crippen molar-refractivity contribution in [2.24, 2.45) is 5.92 Å². The zero-order valence-electron chi connectivity index (χ0n) is 7.37. The number of nitrogens with zero attached hydrogens (tertiary/aromatic N) is 2. The molecule has 68 valence electrons. The lowest BCUT2D eigenvalue weighted by Crippen LogP contribution is -2.18. The molecule has 1 N–H and O–H groups in total. The molecule has 1 aromatic rings. The van der Waals surface area contributed by atoms with E-state index in [0.29, 0.717) is 11.6 Å². The first kappa shape index (κ1) is 9.26. The van der Waals surface area contributed by atoms with Gasteiger partial charge in [0.25, 0.3) is 0 Å². The molecule has 0 bridgehead atoms. The van der Waals surface area contributed by atoms with Crippen LogP contribution in [0, 0.1) is 24.2 Å². The zero-order valence-corrected chi connectivity index (χ0v) is 7.37. The third kappa shape index (κ3) is 2.30. The highest BCUT2D eigenvalue weighted by Crippen LogP contribution is 2.08. The molecule has 0 aromatic carbocycles. The van der Waals surface area contributed by atoms with Gasteiger partial charge in [-0.2, -0.15) is 5.26 Å². The maximum atomic E-state index is 11.1. The topological polar surface area (TPSA) is 78.9 Å². The van der Waals surface area contributed by atoms with Crippen molar-refractivity contribution in [2.75, 3.05) is 5.32 Å². The number of carbonyl (C=O) groups is 1. The standard InChI is InChI=1S/C8H9N3O2/c1-5(4-9)8(12)10-7-3-6(2)13-11-7/h3,5H,1-2H3,(H,10,11,12). The molecule has 5 heteroatoms. The van der Waals surface area contributed by atoms with Crippen molar-refractivity contribution in [1.29, 1.82) is 5.26 Å². The van der Waals surface area contributed by atoms with Crippen LogP contribution >= 0.6 is 0 Å². The number of hydrogen-bond donors (Lipinski definition) is 1. The van der Waals surface area contributed by atoms with E-state index in [2.05, 4.69) is 10.5 Å². The number of carbonyl (C=O) groups excluding carboxylic acids is 1. The molecule has 0 fully saturated rings. The van der Waals surface area contributed by atoms with Gasteiger partial charge in [-0.3, -0.25) is 4.79 Å². The average molecular weight is 179 g/mol. The molecule has 1 unspecified atom stereocenters. The minimum atomic E-state index is -0.683. The molecule has 0 radical (unpaired) electrons. The maximum absolute atomic E-state index is 11.1. The smallest absolute Gasteiger partial charge is 0.242 e. The molecule has 13 heavy (non-hydrogen) atoms. The molecule has 0 saturated carbocycles. The monoisotopic (exact) mass is 179 g/mol. The molecule has 0 aliphatic carbocycles. The molecule has 1 amide bonds. The van der Waals surface area contributed by atoms with Crippen molar-refractivity contribution < 1.29 is 9.32 Å². The van der Waals surface area contributed by atoms with E-state index in [1.165, 1.54) is 6.92 Å². The summed E-state index contributed by atoms with van der Waals surface area (Å²) in [5.41, 5.74) is 0. The molecular weight excluding hydrogens is 170 g/mol. The van der Waals surface area contributed by atoms with E-state index in [9.17, 15) is 4.79 Å². The molecule has 0 spiro atoms. The molecule has 5 nitrogen and oxygen atoms in total. The third-order valence-corrected chi connectivity index (χ3v) is 1.47. The third-order valence-electron chi connectivity index (χ3n) is 1.47. The number of aromatic nitrogens is 1. The number of aryl methyl sites for hydroxylation is 1. The lowest BCUT2D eigenvalue weighted by Gasteiger charge is -2.00. The molecule has 1 aromatic heterocycles. The van der Waals surface area contributed by atoms with Crippen molar-refractivity contribution in [2.45, 2.75) is 13.8 Å². The van der Waals surface area contributed by atoms with Crippen LogP contribution in [0.3, 0.4) is 0 Å². The van der Waals surface area contributed by atoms with Gasteiger partial charge in [-0.1, -0.05) is 5.16 Å². The van der Waals surface area contributed by atoms with E-state index in [4.69, 9.17) is 9.78 Å². The number of nitriles is 1. The number of rotatable bonds is 2. The van der Waals surface area contributed by atoms with Crippen molar-refractivity contribution in [3.05, 3.63) is 11.8 Å². The van der Waals surface area contributed by atoms with Gasteiger partial charge in [-0.15, -0.1) is 0 Å². The Hall–Kier alpha value is -1.83. The second kappa shape index (κ2) is 3.72. The number of hydrogen-bond acceptors (Lipinski definition) is 4. The van der Waals surface area contributed by atoms with Crippen LogP contribution in [0.25, 0.3) is 0 Å². The van der Waals surface area contributed by atoms with Crippen LogP contribution in [-0.2, 0) is 4.79 Å². The highest BCUT2D eigenvalue weighted by molar-refractivity contribution is 5.92. The summed E-state index contributed by atoms with van der Waals surface area (Å²) in [6.07, 6.45) is 0. The first-order chi connectivity index (χ1) is 6.13. The van der Waals surface area contributed by atoms with Crippen LogP contribution < -0.4 is 5.32 Å². The van der Waals surface area contributed by atoms with E-state index in [1.54, 1.807) is 13.0 Å². The summed E-state index contributed by atoms with van der Waals surface area (Å²) in [6.45, 7) is 3.23. The van der Waals surface area contributed by atoms with Gasteiger partial charge >= 0.3 is 0 Å². The summed E-state index contributed by atoms with van der Waals surface area (Å²) < 4.78 is 4.73. The number of nitrogens with one attached hydrogen (secondary N) is 1. The van der Waals surface area contributed by atoms with Gasteiger partial charge in [-0.05, 0) is 13.8 Å². The Morgan fingerprint density at radius 3 is 3.00 bits per heavy atom. The highest BCUT2D eigenvalue weighted by atomic mass is 16.5. The van der Waals surface area contributed by atoms with Crippen LogP contribution in [0.2, 0.25) is 0 Å². The molecule has 1 heterocycles. The second-order valence-corrected chi connectivity index (χ2v) is 2.66. The van der Waals surface area contributed by atoms with Gasteiger partial charge in [0.05, 0.1) is 6.07 Å². The lowest BCUT2D eigenvalue weighted by molar-refractivity contribution is -0.117. The van der Waals surface area contributed by atoms with Gasteiger partial charge in [0.2, 0.25) is 5.91 Å². The lowest BCUT2D eigenvalue weighted by atomic mass is 10.2. The molecule has 0 aliphatic heterocycles. The Labute approximate surface area is 75.3 Å². The van der Waals surface area contributed by atoms with Gasteiger partial charge < -0.3 is 9.84 Å². The fourth-order valence-electron chi connectivity index (χ4n) is 0.718. The van der Waals surface area contributed by atoms with Crippen LogP contribution in [0.1, 0.15) is 12.7 Å². The first-order valence-electron chi connectivity index (χ1n) is 3.77. The van der Waals surface area contributed by atoms with E-state index in [0.717, 1.165) is 0 Å². The number of amides is 1. The van der Waals surface area contributed by atoms with Gasteiger partial charge in [0.15, 0.2) is 5.82 Å². The Morgan fingerprint density at radius 2 is 2.54 bits per heavy atom. The molecule has 0 saturated heterocycles. The van der Waals surface area contributed by atoms with Gasteiger partial charge in [0.1, 0.15) is 11.7 Å². The highest BCUT2D eigenvalue weighted by Gasteiger charge is 2.12. The Morgan fingerprint density at radius 1 is 1.85 bits per heavy atom. The van der Waals surface area contributed by atoms with E-state index in [1.807, 2.05) is 6.07 Å². The van der Waals surface area contributed by atoms with Gasteiger partial charge in [-0.25, -0.2) is 0 Å². The van der Waals surface area contributed by atoms with E-state index in [-0.39, 0.29) is 5.91 Å².